The number of rotatable bonds is 5. The van der Waals surface area contributed by atoms with E-state index in [2.05, 4.69) is 5.32 Å². The first-order valence-electron chi connectivity index (χ1n) is 10.9. The van der Waals surface area contributed by atoms with Gasteiger partial charge in [0.05, 0.1) is 11.1 Å². The van der Waals surface area contributed by atoms with Gasteiger partial charge in [0.15, 0.2) is 11.5 Å². The number of nitrogens with zero attached hydrogens (tertiary/aromatic N) is 2. The lowest BCUT2D eigenvalue weighted by atomic mass is 9.94. The maximum atomic E-state index is 13.2. The van der Waals surface area contributed by atoms with E-state index in [4.69, 9.17) is 14.5 Å². The van der Waals surface area contributed by atoms with Crippen molar-refractivity contribution in [2.75, 3.05) is 26.2 Å². The molecule has 0 saturated heterocycles. The molecular weight excluding hydrogens is 418 g/mol. The molecule has 0 atom stereocenters. The first-order valence-corrected chi connectivity index (χ1v) is 10.9. The van der Waals surface area contributed by atoms with Gasteiger partial charge in [0.2, 0.25) is 12.7 Å². The summed E-state index contributed by atoms with van der Waals surface area (Å²) in [4.78, 5) is 31.7. The summed E-state index contributed by atoms with van der Waals surface area (Å²) in [6, 6.07) is 16.8. The SMILES string of the molecule is Cc1ccc(NC(=O)C2(c3ccc4c(c3)OCO4)CC2)nc1-c1ccc(C(=O)N(C)C)cc1. The molecule has 0 bridgehead atoms. The number of carbonyl (C=O) groups is 2. The minimum Gasteiger partial charge on any atom is -0.454 e. The number of anilines is 1. The molecule has 2 aliphatic rings. The molecule has 2 aromatic carbocycles. The van der Waals surface area contributed by atoms with Gasteiger partial charge in [-0.1, -0.05) is 24.3 Å². The largest absolute Gasteiger partial charge is 0.454 e. The van der Waals surface area contributed by atoms with Crippen molar-refractivity contribution in [2.45, 2.75) is 25.2 Å². The first-order chi connectivity index (χ1) is 15.9. The van der Waals surface area contributed by atoms with Crippen LogP contribution in [0.3, 0.4) is 0 Å². The smallest absolute Gasteiger partial charge is 0.253 e. The maximum absolute atomic E-state index is 13.2. The lowest BCUT2D eigenvalue weighted by Crippen LogP contribution is -2.28. The van der Waals surface area contributed by atoms with Gasteiger partial charge in [-0.25, -0.2) is 4.98 Å². The van der Waals surface area contributed by atoms with Crippen molar-refractivity contribution in [3.63, 3.8) is 0 Å². The summed E-state index contributed by atoms with van der Waals surface area (Å²) in [7, 11) is 3.45. The van der Waals surface area contributed by atoms with E-state index in [1.807, 2.05) is 49.4 Å². The van der Waals surface area contributed by atoms with E-state index in [0.717, 1.165) is 35.2 Å². The van der Waals surface area contributed by atoms with Crippen LogP contribution >= 0.6 is 0 Å². The Labute approximate surface area is 192 Å². The molecule has 3 aromatic rings. The Balaban J connectivity index is 1.37. The Morgan fingerprint density at radius 2 is 1.70 bits per heavy atom. The Hall–Kier alpha value is -3.87. The van der Waals surface area contributed by atoms with Gasteiger partial charge in [0.1, 0.15) is 5.82 Å². The molecule has 2 amide bonds. The lowest BCUT2D eigenvalue weighted by Gasteiger charge is -2.17. The zero-order valence-electron chi connectivity index (χ0n) is 18.8. The van der Waals surface area contributed by atoms with Crippen molar-refractivity contribution < 1.29 is 19.1 Å². The Morgan fingerprint density at radius 1 is 0.970 bits per heavy atom. The van der Waals surface area contributed by atoms with Crippen molar-refractivity contribution in [1.29, 1.82) is 0 Å². The second-order valence-corrected chi connectivity index (χ2v) is 8.74. The van der Waals surface area contributed by atoms with Crippen LogP contribution < -0.4 is 14.8 Å². The van der Waals surface area contributed by atoms with Gasteiger partial charge in [-0.05, 0) is 61.2 Å². The zero-order chi connectivity index (χ0) is 23.2. The Kier molecular flexibility index (Phi) is 5.04. The first kappa shape index (κ1) is 21.0. The summed E-state index contributed by atoms with van der Waals surface area (Å²) in [5.41, 5.74) is 3.61. The number of ether oxygens (including phenoxy) is 2. The molecule has 1 fully saturated rings. The molecule has 1 N–H and O–H groups in total. The number of hydrogen-bond donors (Lipinski definition) is 1. The fourth-order valence-corrected chi connectivity index (χ4v) is 4.12. The molecular formula is C26H25N3O4. The van der Waals surface area contributed by atoms with Crippen molar-refractivity contribution in [2.24, 2.45) is 0 Å². The van der Waals surface area contributed by atoms with E-state index in [1.165, 1.54) is 0 Å². The van der Waals surface area contributed by atoms with Gasteiger partial charge < -0.3 is 19.7 Å². The van der Waals surface area contributed by atoms with E-state index >= 15 is 0 Å². The molecule has 2 heterocycles. The highest BCUT2D eigenvalue weighted by Crippen LogP contribution is 2.51. The Morgan fingerprint density at radius 3 is 2.39 bits per heavy atom. The van der Waals surface area contributed by atoms with E-state index in [0.29, 0.717) is 22.9 Å². The summed E-state index contributed by atoms with van der Waals surface area (Å²) in [6.07, 6.45) is 1.55. The van der Waals surface area contributed by atoms with Crippen LogP contribution in [0.15, 0.2) is 54.6 Å². The number of amides is 2. The molecule has 0 spiro atoms. The van der Waals surface area contributed by atoms with Crippen LogP contribution in [0.4, 0.5) is 5.82 Å². The molecule has 7 heteroatoms. The number of nitrogens with one attached hydrogen (secondary N) is 1. The number of benzene rings is 2. The summed E-state index contributed by atoms with van der Waals surface area (Å²) in [6.45, 7) is 2.18. The van der Waals surface area contributed by atoms with Crippen LogP contribution in [0, 0.1) is 6.92 Å². The highest BCUT2D eigenvalue weighted by molar-refractivity contribution is 6.01. The van der Waals surface area contributed by atoms with Crippen LogP contribution in [-0.4, -0.2) is 42.6 Å². The molecule has 33 heavy (non-hydrogen) atoms. The van der Waals surface area contributed by atoms with Crippen LogP contribution in [0.5, 0.6) is 11.5 Å². The van der Waals surface area contributed by atoms with Crippen LogP contribution in [-0.2, 0) is 10.2 Å². The number of hydrogen-bond acceptors (Lipinski definition) is 5. The predicted octanol–water partition coefficient (Wildman–Crippen LogP) is 4.16. The monoisotopic (exact) mass is 443 g/mol. The van der Waals surface area contributed by atoms with Gasteiger partial charge >= 0.3 is 0 Å². The molecule has 1 aromatic heterocycles. The second kappa shape index (κ2) is 7.92. The minimum atomic E-state index is -0.568. The van der Waals surface area contributed by atoms with Gasteiger partial charge in [-0.3, -0.25) is 9.59 Å². The predicted molar refractivity (Wildman–Crippen MR) is 125 cm³/mol. The lowest BCUT2D eigenvalue weighted by molar-refractivity contribution is -0.118. The molecule has 0 radical (unpaired) electrons. The number of aromatic nitrogens is 1. The van der Waals surface area contributed by atoms with Crippen LogP contribution in [0.25, 0.3) is 11.3 Å². The number of carbonyl (C=O) groups excluding carboxylic acids is 2. The maximum Gasteiger partial charge on any atom is 0.253 e. The molecule has 1 aliphatic carbocycles. The van der Waals surface area contributed by atoms with Gasteiger partial charge in [0.25, 0.3) is 5.91 Å². The van der Waals surface area contributed by atoms with Crippen LogP contribution in [0.1, 0.15) is 34.3 Å². The number of aryl methyl sites for hydroxylation is 1. The van der Waals surface area contributed by atoms with Crippen LogP contribution in [0.2, 0.25) is 0 Å². The standard InChI is InChI=1S/C26H25N3O4/c1-16-4-11-22(27-23(16)17-5-7-18(8-6-17)24(30)29(2)3)28-25(31)26(12-13-26)19-9-10-20-21(14-19)33-15-32-20/h4-11,14H,12-13,15H2,1-3H3,(H,27,28,31). The number of fused-ring (bicyclic) bond motifs is 1. The minimum absolute atomic E-state index is 0.0505. The third-order valence-electron chi connectivity index (χ3n) is 6.26. The van der Waals surface area contributed by atoms with E-state index < -0.39 is 5.41 Å². The molecule has 168 valence electrons. The van der Waals surface area contributed by atoms with Crippen molar-refractivity contribution in [3.8, 4) is 22.8 Å². The average molecular weight is 444 g/mol. The van der Waals surface area contributed by atoms with Crippen molar-refractivity contribution in [3.05, 3.63) is 71.3 Å². The summed E-state index contributed by atoms with van der Waals surface area (Å²) in [5, 5.41) is 3.01. The fraction of sp³-hybridized carbons (Fsp3) is 0.269. The number of pyridine rings is 1. The van der Waals surface area contributed by atoms with E-state index in [9.17, 15) is 9.59 Å². The van der Waals surface area contributed by atoms with Crippen molar-refractivity contribution in [1.82, 2.24) is 9.88 Å². The quantitative estimate of drug-likeness (QED) is 0.641. The third-order valence-corrected chi connectivity index (χ3v) is 6.26. The topological polar surface area (TPSA) is 80.8 Å². The zero-order valence-corrected chi connectivity index (χ0v) is 18.8. The molecule has 1 saturated carbocycles. The molecule has 1 aliphatic heterocycles. The van der Waals surface area contributed by atoms with Crippen molar-refractivity contribution >= 4 is 17.6 Å². The van der Waals surface area contributed by atoms with E-state index in [-0.39, 0.29) is 18.6 Å². The fourth-order valence-electron chi connectivity index (χ4n) is 4.12. The Bertz CT molecular complexity index is 1250. The highest BCUT2D eigenvalue weighted by atomic mass is 16.7. The summed E-state index contributed by atoms with van der Waals surface area (Å²) < 4.78 is 10.9. The average Bonchev–Trinajstić information content (AvgIpc) is 3.50. The normalized spacial score (nSPS) is 15.1. The second-order valence-electron chi connectivity index (χ2n) is 8.74. The molecule has 0 unspecified atom stereocenters. The molecule has 5 rings (SSSR count). The highest BCUT2D eigenvalue weighted by Gasteiger charge is 2.51. The van der Waals surface area contributed by atoms with Gasteiger partial charge in [-0.15, -0.1) is 0 Å². The third kappa shape index (κ3) is 3.80. The summed E-state index contributed by atoms with van der Waals surface area (Å²) in [5.74, 6) is 1.76. The summed E-state index contributed by atoms with van der Waals surface area (Å²) >= 11 is 0. The van der Waals surface area contributed by atoms with Gasteiger partial charge in [0, 0.05) is 25.2 Å². The van der Waals surface area contributed by atoms with E-state index in [1.54, 1.807) is 31.1 Å². The molecule has 7 nitrogen and oxygen atoms in total. The van der Waals surface area contributed by atoms with Gasteiger partial charge in [-0.2, -0.15) is 0 Å².